The van der Waals surface area contributed by atoms with E-state index in [-0.39, 0.29) is 35.5 Å². The maximum Gasteiger partial charge on any atom is 0.255 e. The highest BCUT2D eigenvalue weighted by molar-refractivity contribution is 6.04. The second-order valence-electron chi connectivity index (χ2n) is 10.4. The molecule has 1 aromatic carbocycles. The van der Waals surface area contributed by atoms with Gasteiger partial charge in [-0.2, -0.15) is 0 Å². The molecule has 0 radical (unpaired) electrons. The lowest BCUT2D eigenvalue weighted by Crippen LogP contribution is -2.60. The van der Waals surface area contributed by atoms with Crippen molar-refractivity contribution in [3.63, 3.8) is 0 Å². The van der Waals surface area contributed by atoms with Crippen LogP contribution in [0.2, 0.25) is 0 Å². The van der Waals surface area contributed by atoms with Crippen molar-refractivity contribution in [1.82, 2.24) is 20.9 Å². The van der Waals surface area contributed by atoms with E-state index in [1.54, 1.807) is 12.3 Å². The first-order valence-electron chi connectivity index (χ1n) is 13.2. The predicted octanol–water partition coefficient (Wildman–Crippen LogP) is -0.806. The highest BCUT2D eigenvalue weighted by atomic mass is 16.5. The summed E-state index contributed by atoms with van der Waals surface area (Å²) in [6.45, 7) is 6.97. The Morgan fingerprint density at radius 1 is 1.26 bits per heavy atom. The third-order valence-electron chi connectivity index (χ3n) is 7.49. The topological polar surface area (TPSA) is 175 Å². The predicted molar refractivity (Wildman–Crippen MR) is 142 cm³/mol. The van der Waals surface area contributed by atoms with Gasteiger partial charge >= 0.3 is 0 Å². The van der Waals surface area contributed by atoms with Gasteiger partial charge in [0.15, 0.2) is 0 Å². The zero-order chi connectivity index (χ0) is 27.1. The number of hydrogen-bond donors (Lipinski definition) is 6. The number of likely N-dealkylation sites (tertiary alicyclic amines) is 1. The fourth-order valence-corrected chi connectivity index (χ4v) is 5.22. The number of hydrogen-bond acceptors (Lipinski definition) is 10. The third-order valence-corrected chi connectivity index (χ3v) is 7.49. The molecule has 1 unspecified atom stereocenters. The molecule has 3 saturated heterocycles. The number of imide groups is 1. The molecule has 208 valence electrons. The van der Waals surface area contributed by atoms with Crippen LogP contribution in [0, 0.1) is 5.41 Å². The third kappa shape index (κ3) is 6.94. The summed E-state index contributed by atoms with van der Waals surface area (Å²) in [7, 11) is 0. The van der Waals surface area contributed by atoms with Crippen LogP contribution >= 0.6 is 0 Å². The van der Waals surface area contributed by atoms with E-state index in [2.05, 4.69) is 25.8 Å². The number of amides is 3. The summed E-state index contributed by atoms with van der Waals surface area (Å²) in [5, 5.41) is 18.4. The van der Waals surface area contributed by atoms with E-state index in [0.717, 1.165) is 57.8 Å². The molecule has 1 aromatic rings. The minimum Gasteiger partial charge on any atom is -0.507 e. The van der Waals surface area contributed by atoms with Gasteiger partial charge in [0.2, 0.25) is 11.8 Å². The lowest BCUT2D eigenvalue weighted by Gasteiger charge is -2.55. The first kappa shape index (κ1) is 27.7. The highest BCUT2D eigenvalue weighted by Gasteiger charge is 2.45. The highest BCUT2D eigenvalue weighted by Crippen LogP contribution is 2.43. The Hall–Kier alpha value is -3.35. The quantitative estimate of drug-likeness (QED) is 0.157. The normalized spacial score (nSPS) is 21.7. The van der Waals surface area contributed by atoms with Crippen LogP contribution in [0.25, 0.3) is 0 Å². The average Bonchev–Trinajstić information content (AvgIpc) is 2.88. The zero-order valence-electron chi connectivity index (χ0n) is 21.7. The van der Waals surface area contributed by atoms with Crippen LogP contribution in [0.1, 0.15) is 36.0 Å². The number of nitrogens with two attached hydrogens (primary N) is 2. The number of phenols is 1. The van der Waals surface area contributed by atoms with Crippen LogP contribution in [0.3, 0.4) is 0 Å². The van der Waals surface area contributed by atoms with Gasteiger partial charge in [-0.1, -0.05) is 0 Å². The van der Waals surface area contributed by atoms with E-state index in [1.165, 1.54) is 6.07 Å². The molecular weight excluding hydrogens is 490 g/mol. The van der Waals surface area contributed by atoms with Gasteiger partial charge in [0, 0.05) is 56.4 Å². The first-order chi connectivity index (χ1) is 18.3. The zero-order valence-corrected chi connectivity index (χ0v) is 21.7. The van der Waals surface area contributed by atoms with Crippen molar-refractivity contribution >= 4 is 23.4 Å². The number of anilines is 1. The lowest BCUT2D eigenvalue weighted by atomic mass is 9.71. The Balaban J connectivity index is 1.21. The second-order valence-corrected chi connectivity index (χ2v) is 10.4. The Labute approximate surface area is 222 Å². The smallest absolute Gasteiger partial charge is 0.255 e. The Bertz CT molecular complexity index is 1050. The number of benzene rings is 1. The van der Waals surface area contributed by atoms with Gasteiger partial charge in [0.1, 0.15) is 11.8 Å². The summed E-state index contributed by atoms with van der Waals surface area (Å²) >= 11 is 0. The molecule has 12 heteroatoms. The summed E-state index contributed by atoms with van der Waals surface area (Å²) in [5.41, 5.74) is 13.2. The van der Waals surface area contributed by atoms with Crippen molar-refractivity contribution < 1.29 is 24.2 Å². The molecule has 3 aliphatic heterocycles. The molecule has 0 aliphatic carbocycles. The van der Waals surface area contributed by atoms with Crippen molar-refractivity contribution in [2.75, 3.05) is 63.9 Å². The Kier molecular flexibility index (Phi) is 9.08. The van der Waals surface area contributed by atoms with Crippen LogP contribution in [0.5, 0.6) is 5.75 Å². The molecule has 1 spiro atoms. The SMILES string of the molecule is NCCOC/C(N)=C/NCCN1CCC2(CC1)CN(c1ccc(O)c(C(=O)NC3CCC(=O)NC3=O)c1)C2. The number of phenolic OH excluding ortho intramolecular Hbond substituents is 1. The number of carbonyl (C=O) groups excluding carboxylic acids is 3. The molecule has 0 aromatic heterocycles. The summed E-state index contributed by atoms with van der Waals surface area (Å²) in [6, 6.07) is 4.21. The number of carbonyl (C=O) groups is 3. The Morgan fingerprint density at radius 3 is 2.74 bits per heavy atom. The molecule has 12 nitrogen and oxygen atoms in total. The van der Waals surface area contributed by atoms with Gasteiger partial charge in [0.05, 0.1) is 24.5 Å². The Morgan fingerprint density at radius 2 is 2.03 bits per heavy atom. The largest absolute Gasteiger partial charge is 0.507 e. The van der Waals surface area contributed by atoms with Crippen molar-refractivity contribution in [3.8, 4) is 5.75 Å². The molecular formula is C26H39N7O5. The number of nitrogens with one attached hydrogen (secondary N) is 3. The summed E-state index contributed by atoms with van der Waals surface area (Å²) in [4.78, 5) is 40.8. The molecule has 1 atom stereocenters. The molecule has 0 bridgehead atoms. The average molecular weight is 530 g/mol. The molecule has 3 aliphatic rings. The number of nitrogens with zero attached hydrogens (tertiary/aromatic N) is 2. The second kappa shape index (κ2) is 12.5. The van der Waals surface area contributed by atoms with Crippen molar-refractivity contribution in [2.45, 2.75) is 31.7 Å². The van der Waals surface area contributed by atoms with Gasteiger partial charge in [0.25, 0.3) is 5.91 Å². The number of ether oxygens (including phenoxy) is 1. The van der Waals surface area contributed by atoms with E-state index >= 15 is 0 Å². The fraction of sp³-hybridized carbons (Fsp3) is 0.577. The van der Waals surface area contributed by atoms with Crippen LogP contribution < -0.4 is 32.3 Å². The van der Waals surface area contributed by atoms with Gasteiger partial charge in [-0.3, -0.25) is 19.7 Å². The summed E-state index contributed by atoms with van der Waals surface area (Å²) in [5.74, 6) is -1.54. The minimum atomic E-state index is -0.792. The molecule has 8 N–H and O–H groups in total. The summed E-state index contributed by atoms with van der Waals surface area (Å²) < 4.78 is 5.31. The molecule has 3 fully saturated rings. The van der Waals surface area contributed by atoms with Crippen LogP contribution in [-0.2, 0) is 14.3 Å². The fourth-order valence-electron chi connectivity index (χ4n) is 5.22. The van der Waals surface area contributed by atoms with E-state index in [9.17, 15) is 19.5 Å². The number of piperidine rings is 2. The van der Waals surface area contributed by atoms with Crippen LogP contribution in [-0.4, -0.2) is 92.8 Å². The van der Waals surface area contributed by atoms with Gasteiger partial charge in [-0.05, 0) is 50.6 Å². The monoisotopic (exact) mass is 529 g/mol. The van der Waals surface area contributed by atoms with Gasteiger partial charge in [-0.25, -0.2) is 0 Å². The molecule has 3 heterocycles. The summed E-state index contributed by atoms with van der Waals surface area (Å²) in [6.07, 6.45) is 4.42. The van der Waals surface area contributed by atoms with Crippen molar-refractivity contribution in [1.29, 1.82) is 0 Å². The van der Waals surface area contributed by atoms with Crippen LogP contribution in [0.4, 0.5) is 5.69 Å². The van der Waals surface area contributed by atoms with Gasteiger partial charge < -0.3 is 41.7 Å². The van der Waals surface area contributed by atoms with Crippen LogP contribution in [0.15, 0.2) is 30.1 Å². The number of aromatic hydroxyl groups is 1. The maximum absolute atomic E-state index is 12.8. The van der Waals surface area contributed by atoms with E-state index in [0.29, 0.717) is 25.5 Å². The van der Waals surface area contributed by atoms with E-state index in [4.69, 9.17) is 16.2 Å². The first-order valence-corrected chi connectivity index (χ1v) is 13.2. The molecule has 38 heavy (non-hydrogen) atoms. The maximum atomic E-state index is 12.8. The van der Waals surface area contributed by atoms with Crippen molar-refractivity contribution in [3.05, 3.63) is 35.7 Å². The standard InChI is InChI=1S/C26H39N7O5/c27-7-12-38-15-18(28)14-29-8-11-32-9-5-26(6-10-32)16-33(17-26)19-1-3-22(34)20(13-19)24(36)30-21-2-4-23(35)31-25(21)37/h1,3,13-14,21,29,34H,2,4-12,15-17,27-28H2,(H,30,36)(H,31,35,37)/b18-14-. The van der Waals surface area contributed by atoms with E-state index < -0.39 is 17.9 Å². The molecule has 3 amide bonds. The van der Waals surface area contributed by atoms with E-state index in [1.807, 2.05) is 6.07 Å². The molecule has 4 rings (SSSR count). The molecule has 0 saturated carbocycles. The van der Waals surface area contributed by atoms with Crippen molar-refractivity contribution in [2.24, 2.45) is 16.9 Å². The number of rotatable bonds is 11. The lowest BCUT2D eigenvalue weighted by molar-refractivity contribution is -0.134. The van der Waals surface area contributed by atoms with Gasteiger partial charge in [-0.15, -0.1) is 0 Å². The minimum absolute atomic E-state index is 0.121.